The molecular formula is C14H19N3O4. The minimum absolute atomic E-state index is 0.456. The molecule has 1 aliphatic carbocycles. The first-order chi connectivity index (χ1) is 10.1. The molecule has 114 valence electrons. The Hall–Kier alpha value is -2.31. The van der Waals surface area contributed by atoms with Crippen molar-refractivity contribution >= 4 is 17.7 Å². The standard InChI is InChI=1S/C14H19N3O4/c1-2-21-11-6-5-10(9-15-11)16-13(20)17-14(12(18)19)7-3-4-8-14/h5-6,9H,2-4,7-8H2,1H3,(H,18,19)(H2,16,17,20). The van der Waals surface area contributed by atoms with Gasteiger partial charge in [-0.1, -0.05) is 12.8 Å². The van der Waals surface area contributed by atoms with E-state index in [0.29, 0.717) is 31.0 Å². The lowest BCUT2D eigenvalue weighted by Gasteiger charge is -2.25. The SMILES string of the molecule is CCOc1ccc(NC(=O)NC2(C(=O)O)CCCC2)cn1. The number of carboxylic acid groups (broad SMARTS) is 1. The van der Waals surface area contributed by atoms with E-state index in [4.69, 9.17) is 4.74 Å². The number of carbonyl (C=O) groups is 2. The second-order valence-electron chi connectivity index (χ2n) is 4.99. The molecule has 0 radical (unpaired) electrons. The van der Waals surface area contributed by atoms with Crippen LogP contribution in [0.25, 0.3) is 0 Å². The summed E-state index contributed by atoms with van der Waals surface area (Å²) in [7, 11) is 0. The van der Waals surface area contributed by atoms with Crippen molar-refractivity contribution in [3.63, 3.8) is 0 Å². The molecule has 21 heavy (non-hydrogen) atoms. The lowest BCUT2D eigenvalue weighted by Crippen LogP contribution is -2.53. The summed E-state index contributed by atoms with van der Waals surface area (Å²) >= 11 is 0. The Morgan fingerprint density at radius 3 is 2.62 bits per heavy atom. The number of hydrogen-bond donors (Lipinski definition) is 3. The Kier molecular flexibility index (Phi) is 4.62. The van der Waals surface area contributed by atoms with Gasteiger partial charge in [-0.25, -0.2) is 14.6 Å². The van der Waals surface area contributed by atoms with E-state index in [1.54, 1.807) is 12.1 Å². The van der Waals surface area contributed by atoms with Crippen molar-refractivity contribution in [2.45, 2.75) is 38.1 Å². The van der Waals surface area contributed by atoms with Gasteiger partial charge >= 0.3 is 12.0 Å². The molecule has 3 N–H and O–H groups in total. The average Bonchev–Trinajstić information content (AvgIpc) is 2.91. The fourth-order valence-electron chi connectivity index (χ4n) is 2.44. The van der Waals surface area contributed by atoms with Crippen LogP contribution in [-0.4, -0.2) is 34.2 Å². The Balaban J connectivity index is 1.96. The summed E-state index contributed by atoms with van der Waals surface area (Å²) in [6, 6.07) is 2.76. The highest BCUT2D eigenvalue weighted by atomic mass is 16.5. The molecule has 2 amide bonds. The van der Waals surface area contributed by atoms with Crippen LogP contribution in [0.3, 0.4) is 0 Å². The van der Waals surface area contributed by atoms with Crippen LogP contribution >= 0.6 is 0 Å². The minimum Gasteiger partial charge on any atom is -0.480 e. The molecule has 0 atom stereocenters. The number of hydrogen-bond acceptors (Lipinski definition) is 4. The third-order valence-electron chi connectivity index (χ3n) is 3.51. The Bertz CT molecular complexity index is 509. The lowest BCUT2D eigenvalue weighted by atomic mass is 9.98. The lowest BCUT2D eigenvalue weighted by molar-refractivity contribution is -0.144. The number of pyridine rings is 1. The quantitative estimate of drug-likeness (QED) is 0.771. The monoisotopic (exact) mass is 293 g/mol. The van der Waals surface area contributed by atoms with Crippen molar-refractivity contribution in [2.75, 3.05) is 11.9 Å². The van der Waals surface area contributed by atoms with Gasteiger partial charge in [0.25, 0.3) is 0 Å². The van der Waals surface area contributed by atoms with Crippen LogP contribution in [0.2, 0.25) is 0 Å². The first-order valence-corrected chi connectivity index (χ1v) is 6.97. The smallest absolute Gasteiger partial charge is 0.329 e. The first kappa shape index (κ1) is 15.1. The predicted octanol–water partition coefficient (Wildman–Crippen LogP) is 2.00. The normalized spacial score (nSPS) is 16.2. The zero-order valence-corrected chi connectivity index (χ0v) is 11.9. The molecule has 0 unspecified atom stereocenters. The maximum Gasteiger partial charge on any atom is 0.329 e. The molecule has 1 heterocycles. The van der Waals surface area contributed by atoms with Crippen molar-refractivity contribution in [2.24, 2.45) is 0 Å². The molecule has 1 aromatic heterocycles. The van der Waals surface area contributed by atoms with Crippen LogP contribution in [0.1, 0.15) is 32.6 Å². The van der Waals surface area contributed by atoms with Crippen molar-refractivity contribution in [1.29, 1.82) is 0 Å². The fourth-order valence-corrected chi connectivity index (χ4v) is 2.44. The van der Waals surface area contributed by atoms with Crippen LogP contribution in [0.5, 0.6) is 5.88 Å². The molecular weight excluding hydrogens is 274 g/mol. The van der Waals surface area contributed by atoms with Crippen LogP contribution in [-0.2, 0) is 4.79 Å². The summed E-state index contributed by atoms with van der Waals surface area (Å²) in [6.45, 7) is 2.37. The van der Waals surface area contributed by atoms with Crippen molar-refractivity contribution in [3.05, 3.63) is 18.3 Å². The van der Waals surface area contributed by atoms with Crippen molar-refractivity contribution in [3.8, 4) is 5.88 Å². The van der Waals surface area contributed by atoms with Crippen LogP contribution < -0.4 is 15.4 Å². The number of ether oxygens (including phenoxy) is 1. The molecule has 0 aromatic carbocycles. The molecule has 1 aliphatic rings. The van der Waals surface area contributed by atoms with Gasteiger partial charge in [-0.05, 0) is 25.8 Å². The topological polar surface area (TPSA) is 101 Å². The van der Waals surface area contributed by atoms with Crippen molar-refractivity contribution < 1.29 is 19.4 Å². The molecule has 0 aliphatic heterocycles. The minimum atomic E-state index is -1.15. The van der Waals surface area contributed by atoms with Crippen LogP contribution in [0, 0.1) is 0 Å². The molecule has 1 fully saturated rings. The molecule has 0 saturated heterocycles. The number of urea groups is 1. The van der Waals surface area contributed by atoms with Crippen LogP contribution in [0.4, 0.5) is 10.5 Å². The molecule has 1 saturated carbocycles. The Morgan fingerprint density at radius 2 is 2.10 bits per heavy atom. The van der Waals surface area contributed by atoms with Gasteiger partial charge in [-0.2, -0.15) is 0 Å². The summed E-state index contributed by atoms with van der Waals surface area (Å²) in [4.78, 5) is 27.3. The van der Waals surface area contributed by atoms with Gasteiger partial charge in [0.15, 0.2) is 0 Å². The summed E-state index contributed by atoms with van der Waals surface area (Å²) in [5, 5.41) is 14.5. The second-order valence-corrected chi connectivity index (χ2v) is 4.99. The maximum absolute atomic E-state index is 11.9. The van der Waals surface area contributed by atoms with Gasteiger partial charge in [0, 0.05) is 6.07 Å². The predicted molar refractivity (Wildman–Crippen MR) is 76.4 cm³/mol. The fraction of sp³-hybridized carbons (Fsp3) is 0.500. The van der Waals surface area contributed by atoms with Gasteiger partial charge < -0.3 is 20.5 Å². The number of carbonyl (C=O) groups excluding carboxylic acids is 1. The highest BCUT2D eigenvalue weighted by Gasteiger charge is 2.42. The van der Waals surface area contributed by atoms with E-state index >= 15 is 0 Å². The summed E-state index contributed by atoms with van der Waals surface area (Å²) in [5.41, 5.74) is -0.669. The van der Waals surface area contributed by atoms with E-state index in [1.165, 1.54) is 6.20 Å². The number of aliphatic carboxylic acids is 1. The van der Waals surface area contributed by atoms with Gasteiger partial charge in [-0.3, -0.25) is 0 Å². The first-order valence-electron chi connectivity index (χ1n) is 6.97. The van der Waals surface area contributed by atoms with Crippen molar-refractivity contribution in [1.82, 2.24) is 10.3 Å². The van der Waals surface area contributed by atoms with E-state index in [-0.39, 0.29) is 0 Å². The highest BCUT2D eigenvalue weighted by molar-refractivity contribution is 5.93. The number of nitrogens with zero attached hydrogens (tertiary/aromatic N) is 1. The molecule has 7 heteroatoms. The number of nitrogens with one attached hydrogen (secondary N) is 2. The summed E-state index contributed by atoms with van der Waals surface area (Å²) < 4.78 is 5.20. The molecule has 7 nitrogen and oxygen atoms in total. The number of amides is 2. The van der Waals surface area contributed by atoms with E-state index in [2.05, 4.69) is 15.6 Å². The number of aromatic nitrogens is 1. The largest absolute Gasteiger partial charge is 0.480 e. The zero-order chi connectivity index (χ0) is 15.3. The number of carboxylic acids is 1. The van der Waals surface area contributed by atoms with Gasteiger partial charge in [0.05, 0.1) is 18.5 Å². The van der Waals surface area contributed by atoms with Gasteiger partial charge in [-0.15, -0.1) is 0 Å². The third kappa shape index (κ3) is 3.62. The molecule has 1 aromatic rings. The Labute approximate surface area is 122 Å². The van der Waals surface area contributed by atoms with E-state index < -0.39 is 17.5 Å². The summed E-state index contributed by atoms with van der Waals surface area (Å²) in [6.07, 6.45) is 3.98. The molecule has 0 spiro atoms. The van der Waals surface area contributed by atoms with E-state index in [0.717, 1.165) is 12.8 Å². The number of rotatable bonds is 5. The van der Waals surface area contributed by atoms with E-state index in [1.807, 2.05) is 6.92 Å². The maximum atomic E-state index is 11.9. The van der Waals surface area contributed by atoms with Gasteiger partial charge in [0.2, 0.25) is 5.88 Å². The average molecular weight is 293 g/mol. The number of anilines is 1. The molecule has 0 bridgehead atoms. The second kappa shape index (κ2) is 6.43. The third-order valence-corrected chi connectivity index (χ3v) is 3.51. The van der Waals surface area contributed by atoms with E-state index in [9.17, 15) is 14.7 Å². The highest BCUT2D eigenvalue weighted by Crippen LogP contribution is 2.30. The zero-order valence-electron chi connectivity index (χ0n) is 11.9. The Morgan fingerprint density at radius 1 is 1.38 bits per heavy atom. The van der Waals surface area contributed by atoms with Crippen LogP contribution in [0.15, 0.2) is 18.3 Å². The van der Waals surface area contributed by atoms with Gasteiger partial charge in [0.1, 0.15) is 5.54 Å². The molecule has 2 rings (SSSR count). The summed E-state index contributed by atoms with van der Waals surface area (Å²) in [5.74, 6) is -0.513.